The van der Waals surface area contributed by atoms with Crippen LogP contribution in [0.2, 0.25) is 0 Å². The number of hydrogen-bond acceptors (Lipinski definition) is 5. The van der Waals surface area contributed by atoms with Crippen LogP contribution in [0, 0.1) is 17.7 Å². The number of carbonyl (C=O) groups is 1. The van der Waals surface area contributed by atoms with Crippen LogP contribution in [0.3, 0.4) is 0 Å². The first-order chi connectivity index (χ1) is 14.6. The lowest BCUT2D eigenvalue weighted by atomic mass is 9.71. The maximum atomic E-state index is 13.8. The summed E-state index contributed by atoms with van der Waals surface area (Å²) in [6.07, 6.45) is 8.67. The smallest absolute Gasteiger partial charge is 0.356 e. The van der Waals surface area contributed by atoms with Gasteiger partial charge >= 0.3 is 5.97 Å². The first kappa shape index (κ1) is 19.4. The van der Waals surface area contributed by atoms with E-state index in [4.69, 9.17) is 0 Å². The Hall–Kier alpha value is -2.54. The predicted molar refractivity (Wildman–Crippen MR) is 111 cm³/mol. The third-order valence-electron chi connectivity index (χ3n) is 7.12. The van der Waals surface area contributed by atoms with E-state index in [9.17, 15) is 14.3 Å². The molecule has 3 aliphatic heterocycles. The predicted octanol–water partition coefficient (Wildman–Crippen LogP) is 3.24. The normalized spacial score (nSPS) is 28.8. The Balaban J connectivity index is 1.44. The first-order valence-corrected chi connectivity index (χ1v) is 10.9. The zero-order valence-electron chi connectivity index (χ0n) is 17.0. The minimum atomic E-state index is -1.05. The Labute approximate surface area is 175 Å². The molecule has 3 fully saturated rings. The Kier molecular flexibility index (Phi) is 5.15. The van der Waals surface area contributed by atoms with Crippen molar-refractivity contribution in [2.45, 2.75) is 44.2 Å². The van der Waals surface area contributed by atoms with Crippen LogP contribution in [0.15, 0.2) is 36.7 Å². The van der Waals surface area contributed by atoms with Crippen LogP contribution < -0.4 is 4.90 Å². The maximum absolute atomic E-state index is 13.8. The molecule has 5 rings (SSSR count). The third-order valence-corrected chi connectivity index (χ3v) is 7.12. The van der Waals surface area contributed by atoms with Crippen molar-refractivity contribution in [2.24, 2.45) is 11.8 Å². The highest BCUT2D eigenvalue weighted by molar-refractivity contribution is 5.85. The van der Waals surface area contributed by atoms with Gasteiger partial charge in [0.15, 0.2) is 5.69 Å². The number of carboxylic acid groups (broad SMARTS) is 1. The van der Waals surface area contributed by atoms with Crippen LogP contribution in [0.5, 0.6) is 0 Å². The number of rotatable bonds is 4. The molecule has 7 heteroatoms. The van der Waals surface area contributed by atoms with Crippen LogP contribution in [-0.2, 0) is 6.42 Å². The average Bonchev–Trinajstić information content (AvgIpc) is 2.77. The number of anilines is 1. The number of aromatic carboxylic acids is 1. The fraction of sp³-hybridized carbons (Fsp3) is 0.522. The van der Waals surface area contributed by atoms with E-state index in [0.717, 1.165) is 31.6 Å². The summed E-state index contributed by atoms with van der Waals surface area (Å²) < 4.78 is 13.8. The van der Waals surface area contributed by atoms with Crippen molar-refractivity contribution in [3.63, 3.8) is 0 Å². The van der Waals surface area contributed by atoms with E-state index in [1.54, 1.807) is 18.3 Å². The second kappa shape index (κ2) is 7.95. The molecule has 0 unspecified atom stereocenters. The van der Waals surface area contributed by atoms with Crippen molar-refractivity contribution in [3.05, 3.63) is 53.7 Å². The van der Waals surface area contributed by atoms with Gasteiger partial charge in [-0.05, 0) is 61.8 Å². The molecule has 30 heavy (non-hydrogen) atoms. The molecule has 4 atom stereocenters. The fourth-order valence-electron chi connectivity index (χ4n) is 5.89. The highest BCUT2D eigenvalue weighted by Gasteiger charge is 2.47. The van der Waals surface area contributed by atoms with E-state index in [1.165, 1.54) is 37.9 Å². The number of piperidine rings is 3. The Morgan fingerprint density at radius 3 is 2.90 bits per heavy atom. The van der Waals surface area contributed by atoms with Crippen molar-refractivity contribution in [2.75, 3.05) is 24.5 Å². The highest BCUT2D eigenvalue weighted by Crippen LogP contribution is 2.42. The first-order valence-electron chi connectivity index (χ1n) is 10.9. The topological polar surface area (TPSA) is 69.6 Å². The summed E-state index contributed by atoms with van der Waals surface area (Å²) in [6, 6.07) is 7.88. The van der Waals surface area contributed by atoms with Crippen molar-refractivity contribution >= 4 is 11.8 Å². The van der Waals surface area contributed by atoms with Crippen LogP contribution >= 0.6 is 0 Å². The van der Waals surface area contributed by atoms with Gasteiger partial charge in [0.2, 0.25) is 0 Å². The SMILES string of the molecule is O=C(O)c1cncc(N2C[C@H]3C[C@@H](C2)[C@H](Cc2cccc(F)c2)N2CCCC[C@@H]32)n1. The molecule has 1 aromatic carbocycles. The minimum Gasteiger partial charge on any atom is -0.476 e. The van der Waals surface area contributed by atoms with Gasteiger partial charge in [-0.2, -0.15) is 0 Å². The molecular formula is C23H27FN4O2. The number of halogens is 1. The molecule has 0 saturated carbocycles. The Morgan fingerprint density at radius 1 is 1.20 bits per heavy atom. The monoisotopic (exact) mass is 410 g/mol. The lowest BCUT2D eigenvalue weighted by Crippen LogP contribution is -2.64. The van der Waals surface area contributed by atoms with Gasteiger partial charge in [0.05, 0.1) is 12.4 Å². The summed E-state index contributed by atoms with van der Waals surface area (Å²) in [7, 11) is 0. The maximum Gasteiger partial charge on any atom is 0.356 e. The standard InChI is InChI=1S/C23H27FN4O2/c24-18-5-3-4-15(8-18)9-21-17-10-16(20-6-1-2-7-28(20)21)13-27(14-17)22-12-25-11-19(26-22)23(29)30/h3-5,8,11-12,16-17,20-21H,1-2,6-7,9-10,13-14H2,(H,29,30)/t16-,17+,20+,21+/m1/s1. The molecule has 3 saturated heterocycles. The van der Waals surface area contributed by atoms with Gasteiger partial charge in [0, 0.05) is 25.2 Å². The fourth-order valence-corrected chi connectivity index (χ4v) is 5.89. The molecule has 2 aromatic rings. The van der Waals surface area contributed by atoms with Crippen molar-refractivity contribution < 1.29 is 14.3 Å². The lowest BCUT2D eigenvalue weighted by molar-refractivity contribution is -0.0318. The number of benzene rings is 1. The molecule has 4 heterocycles. The van der Waals surface area contributed by atoms with Gasteiger partial charge in [-0.3, -0.25) is 9.88 Å². The zero-order chi connectivity index (χ0) is 20.7. The molecule has 0 spiro atoms. The lowest BCUT2D eigenvalue weighted by Gasteiger charge is -2.57. The summed E-state index contributed by atoms with van der Waals surface area (Å²) in [5.41, 5.74) is 1.03. The van der Waals surface area contributed by atoms with E-state index in [1.807, 2.05) is 6.07 Å². The number of nitrogens with zero attached hydrogens (tertiary/aromatic N) is 4. The van der Waals surface area contributed by atoms with Gasteiger partial charge in [0.25, 0.3) is 0 Å². The van der Waals surface area contributed by atoms with Crippen molar-refractivity contribution in [1.29, 1.82) is 0 Å². The number of carboxylic acids is 1. The molecule has 2 bridgehead atoms. The zero-order valence-corrected chi connectivity index (χ0v) is 17.0. The molecule has 6 nitrogen and oxygen atoms in total. The van der Waals surface area contributed by atoms with Gasteiger partial charge in [-0.15, -0.1) is 0 Å². The molecule has 1 aromatic heterocycles. The third kappa shape index (κ3) is 3.67. The van der Waals surface area contributed by atoms with Gasteiger partial charge in [-0.1, -0.05) is 18.6 Å². The second-order valence-electron chi connectivity index (χ2n) is 8.93. The minimum absolute atomic E-state index is 0.0150. The van der Waals surface area contributed by atoms with E-state index in [-0.39, 0.29) is 11.5 Å². The number of fused-ring (bicyclic) bond motifs is 4. The molecule has 1 N–H and O–H groups in total. The van der Waals surface area contributed by atoms with E-state index in [2.05, 4.69) is 19.8 Å². The largest absolute Gasteiger partial charge is 0.476 e. The Morgan fingerprint density at radius 2 is 2.07 bits per heavy atom. The molecule has 0 aliphatic carbocycles. The molecular weight excluding hydrogens is 383 g/mol. The van der Waals surface area contributed by atoms with Crippen molar-refractivity contribution in [3.8, 4) is 0 Å². The summed E-state index contributed by atoms with van der Waals surface area (Å²) in [5.74, 6) is 0.407. The molecule has 158 valence electrons. The summed E-state index contributed by atoms with van der Waals surface area (Å²) >= 11 is 0. The number of aromatic nitrogens is 2. The summed E-state index contributed by atoms with van der Waals surface area (Å²) in [5, 5.41) is 9.29. The van der Waals surface area contributed by atoms with Gasteiger partial charge < -0.3 is 10.0 Å². The van der Waals surface area contributed by atoms with E-state index < -0.39 is 5.97 Å². The van der Waals surface area contributed by atoms with Crippen LogP contribution in [0.25, 0.3) is 0 Å². The van der Waals surface area contributed by atoms with Crippen molar-refractivity contribution in [1.82, 2.24) is 14.9 Å². The quantitative estimate of drug-likeness (QED) is 0.835. The van der Waals surface area contributed by atoms with Crippen LogP contribution in [0.1, 0.15) is 41.7 Å². The highest BCUT2D eigenvalue weighted by atomic mass is 19.1. The van der Waals surface area contributed by atoms with Gasteiger partial charge in [0.1, 0.15) is 11.6 Å². The molecule has 0 radical (unpaired) electrons. The van der Waals surface area contributed by atoms with Crippen LogP contribution in [0.4, 0.5) is 10.2 Å². The molecule has 3 aliphatic rings. The van der Waals surface area contributed by atoms with Crippen LogP contribution in [-0.4, -0.2) is 57.7 Å². The summed E-state index contributed by atoms with van der Waals surface area (Å²) in [6.45, 7) is 2.84. The second-order valence-corrected chi connectivity index (χ2v) is 8.93. The Bertz CT molecular complexity index is 939. The van der Waals surface area contributed by atoms with Gasteiger partial charge in [-0.25, -0.2) is 14.2 Å². The average molecular weight is 410 g/mol. The summed E-state index contributed by atoms with van der Waals surface area (Å²) in [4.78, 5) is 24.7. The number of hydrogen-bond donors (Lipinski definition) is 1. The van der Waals surface area contributed by atoms with E-state index in [0.29, 0.717) is 29.7 Å². The molecule has 0 amide bonds. The van der Waals surface area contributed by atoms with E-state index >= 15 is 0 Å².